The van der Waals surface area contributed by atoms with E-state index in [0.717, 1.165) is 24.6 Å². The number of aliphatic hydroxyl groups is 1. The Kier molecular flexibility index (Phi) is 5.38. The van der Waals surface area contributed by atoms with E-state index in [4.69, 9.17) is 5.73 Å². The van der Waals surface area contributed by atoms with Crippen molar-refractivity contribution >= 4 is 5.69 Å². The Labute approximate surface area is 111 Å². The molecule has 1 aromatic carbocycles. The van der Waals surface area contributed by atoms with E-state index >= 15 is 0 Å². The highest BCUT2D eigenvalue weighted by Gasteiger charge is 2.22. The van der Waals surface area contributed by atoms with Crippen LogP contribution in [0.3, 0.4) is 0 Å². The number of halogens is 1. The number of nitro groups is 1. The molecule has 0 aliphatic heterocycles. The quantitative estimate of drug-likeness (QED) is 0.614. The SMILES string of the molecule is CC(C)CC[C@H](O)[C@H](N)c1cc([N+](=O)[O-])ccc1F. The average Bonchev–Trinajstić information content (AvgIpc) is 2.35. The summed E-state index contributed by atoms with van der Waals surface area (Å²) in [6.07, 6.45) is 0.269. The highest BCUT2D eigenvalue weighted by Crippen LogP contribution is 2.25. The molecule has 0 aliphatic rings. The molecule has 0 aromatic heterocycles. The summed E-state index contributed by atoms with van der Waals surface area (Å²) in [4.78, 5) is 10.0. The minimum atomic E-state index is -0.960. The van der Waals surface area contributed by atoms with Gasteiger partial charge in [0.05, 0.1) is 17.1 Å². The van der Waals surface area contributed by atoms with Crippen LogP contribution in [0.1, 0.15) is 38.3 Å². The van der Waals surface area contributed by atoms with Crippen molar-refractivity contribution in [1.29, 1.82) is 0 Å². The average molecular weight is 270 g/mol. The summed E-state index contributed by atoms with van der Waals surface area (Å²) >= 11 is 0. The van der Waals surface area contributed by atoms with Crippen LogP contribution in [0.25, 0.3) is 0 Å². The van der Waals surface area contributed by atoms with Gasteiger partial charge in [-0.1, -0.05) is 13.8 Å². The Morgan fingerprint density at radius 1 is 1.42 bits per heavy atom. The van der Waals surface area contributed by atoms with Crippen LogP contribution in [-0.4, -0.2) is 16.1 Å². The lowest BCUT2D eigenvalue weighted by Crippen LogP contribution is -2.27. The number of hydrogen-bond acceptors (Lipinski definition) is 4. The van der Waals surface area contributed by atoms with Crippen LogP contribution in [0.4, 0.5) is 10.1 Å². The lowest BCUT2D eigenvalue weighted by molar-refractivity contribution is -0.385. The second-order valence-electron chi connectivity index (χ2n) is 5.03. The molecule has 0 fully saturated rings. The number of nitro benzene ring substituents is 1. The predicted molar refractivity (Wildman–Crippen MR) is 70.1 cm³/mol. The largest absolute Gasteiger partial charge is 0.391 e. The summed E-state index contributed by atoms with van der Waals surface area (Å²) in [7, 11) is 0. The van der Waals surface area contributed by atoms with E-state index in [1.165, 1.54) is 0 Å². The van der Waals surface area contributed by atoms with Crippen LogP contribution in [-0.2, 0) is 0 Å². The number of rotatable bonds is 6. The topological polar surface area (TPSA) is 89.4 Å². The molecule has 3 N–H and O–H groups in total. The van der Waals surface area contributed by atoms with Crippen molar-refractivity contribution in [3.05, 3.63) is 39.7 Å². The van der Waals surface area contributed by atoms with Crippen molar-refractivity contribution in [2.24, 2.45) is 11.7 Å². The Bertz CT molecular complexity index is 452. The highest BCUT2D eigenvalue weighted by molar-refractivity contribution is 5.37. The zero-order valence-corrected chi connectivity index (χ0v) is 11.0. The van der Waals surface area contributed by atoms with Gasteiger partial charge in [0, 0.05) is 17.7 Å². The third kappa shape index (κ3) is 4.25. The van der Waals surface area contributed by atoms with Gasteiger partial charge >= 0.3 is 0 Å². The lowest BCUT2D eigenvalue weighted by atomic mass is 9.95. The zero-order valence-electron chi connectivity index (χ0n) is 11.0. The molecule has 106 valence electrons. The minimum absolute atomic E-state index is 0.0227. The fraction of sp³-hybridized carbons (Fsp3) is 0.538. The second-order valence-corrected chi connectivity index (χ2v) is 5.03. The molecular formula is C13H19FN2O3. The van der Waals surface area contributed by atoms with Crippen molar-refractivity contribution in [2.45, 2.75) is 38.8 Å². The van der Waals surface area contributed by atoms with Gasteiger partial charge in [-0.2, -0.15) is 0 Å². The monoisotopic (exact) mass is 270 g/mol. The molecule has 0 spiro atoms. The van der Waals surface area contributed by atoms with Gasteiger partial charge in [0.15, 0.2) is 0 Å². The Balaban J connectivity index is 2.88. The molecular weight excluding hydrogens is 251 g/mol. The summed E-state index contributed by atoms with van der Waals surface area (Å²) in [6.45, 7) is 4.01. The van der Waals surface area contributed by atoms with Crippen LogP contribution in [0.2, 0.25) is 0 Å². The predicted octanol–water partition coefficient (Wildman–Crippen LogP) is 2.53. The number of nitrogens with zero attached hydrogens (tertiary/aromatic N) is 1. The van der Waals surface area contributed by atoms with Crippen LogP contribution in [0.15, 0.2) is 18.2 Å². The maximum absolute atomic E-state index is 13.6. The number of aliphatic hydroxyl groups excluding tert-OH is 1. The number of hydrogen-bond donors (Lipinski definition) is 2. The molecule has 0 saturated carbocycles. The molecule has 2 atom stereocenters. The number of non-ortho nitro benzene ring substituents is 1. The molecule has 19 heavy (non-hydrogen) atoms. The number of nitrogens with two attached hydrogens (primary N) is 1. The summed E-state index contributed by atoms with van der Waals surface area (Å²) in [5.74, 6) is -0.237. The van der Waals surface area contributed by atoms with Gasteiger partial charge < -0.3 is 10.8 Å². The molecule has 6 heteroatoms. The Morgan fingerprint density at radius 3 is 2.58 bits per heavy atom. The molecule has 1 aromatic rings. The van der Waals surface area contributed by atoms with Gasteiger partial charge in [-0.15, -0.1) is 0 Å². The first-order valence-electron chi connectivity index (χ1n) is 6.20. The van der Waals surface area contributed by atoms with Gasteiger partial charge in [0.25, 0.3) is 5.69 Å². The van der Waals surface area contributed by atoms with E-state index in [1.807, 2.05) is 13.8 Å². The van der Waals surface area contributed by atoms with Crippen LogP contribution in [0.5, 0.6) is 0 Å². The molecule has 1 rings (SSSR count). The molecule has 0 unspecified atom stereocenters. The summed E-state index contributed by atoms with van der Waals surface area (Å²) in [6, 6.07) is 2.20. The van der Waals surface area contributed by atoms with E-state index in [-0.39, 0.29) is 11.3 Å². The first-order valence-corrected chi connectivity index (χ1v) is 6.20. The van der Waals surface area contributed by atoms with E-state index in [9.17, 15) is 19.6 Å². The van der Waals surface area contributed by atoms with Crippen LogP contribution in [0, 0.1) is 21.8 Å². The van der Waals surface area contributed by atoms with E-state index in [2.05, 4.69) is 0 Å². The first kappa shape index (κ1) is 15.5. The third-order valence-electron chi connectivity index (χ3n) is 3.00. The van der Waals surface area contributed by atoms with Gasteiger partial charge in [-0.25, -0.2) is 4.39 Å². The summed E-state index contributed by atoms with van der Waals surface area (Å²) < 4.78 is 13.6. The maximum Gasteiger partial charge on any atom is 0.269 e. The highest BCUT2D eigenvalue weighted by atomic mass is 19.1. The zero-order chi connectivity index (χ0) is 14.6. The van der Waals surface area contributed by atoms with E-state index in [1.54, 1.807) is 0 Å². The van der Waals surface area contributed by atoms with Crippen molar-refractivity contribution in [3.63, 3.8) is 0 Å². The second kappa shape index (κ2) is 6.58. The molecule has 0 radical (unpaired) electrons. The molecule has 0 heterocycles. The van der Waals surface area contributed by atoms with Gasteiger partial charge in [0.2, 0.25) is 0 Å². The number of benzene rings is 1. The third-order valence-corrected chi connectivity index (χ3v) is 3.00. The van der Waals surface area contributed by atoms with E-state index in [0.29, 0.717) is 12.3 Å². The maximum atomic E-state index is 13.6. The van der Waals surface area contributed by atoms with Crippen molar-refractivity contribution in [2.75, 3.05) is 0 Å². The van der Waals surface area contributed by atoms with Gasteiger partial charge in [0.1, 0.15) is 5.82 Å². The van der Waals surface area contributed by atoms with Crippen LogP contribution < -0.4 is 5.73 Å². The molecule has 0 aliphatic carbocycles. The van der Waals surface area contributed by atoms with Gasteiger partial charge in [-0.3, -0.25) is 10.1 Å². The van der Waals surface area contributed by atoms with Crippen molar-refractivity contribution in [1.82, 2.24) is 0 Å². The molecule has 0 amide bonds. The standard InChI is InChI=1S/C13H19FN2O3/c1-8(2)3-6-12(17)13(15)10-7-9(16(18)19)4-5-11(10)14/h4-5,7-8,12-13,17H,3,6,15H2,1-2H3/t12-,13+/m0/s1. The molecule has 0 saturated heterocycles. The lowest BCUT2D eigenvalue weighted by Gasteiger charge is -2.20. The Hall–Kier alpha value is -1.53. The van der Waals surface area contributed by atoms with E-state index < -0.39 is 22.9 Å². The first-order chi connectivity index (χ1) is 8.82. The fourth-order valence-corrected chi connectivity index (χ4v) is 1.79. The molecule has 5 nitrogen and oxygen atoms in total. The summed E-state index contributed by atoms with van der Waals surface area (Å²) in [5.41, 5.74) is 5.53. The van der Waals surface area contributed by atoms with Gasteiger partial charge in [-0.05, 0) is 24.8 Å². The summed E-state index contributed by atoms with van der Waals surface area (Å²) in [5, 5.41) is 20.6. The smallest absolute Gasteiger partial charge is 0.269 e. The van der Waals surface area contributed by atoms with Crippen molar-refractivity contribution < 1.29 is 14.4 Å². The minimum Gasteiger partial charge on any atom is -0.391 e. The normalized spacial score (nSPS) is 14.4. The fourth-order valence-electron chi connectivity index (χ4n) is 1.79. The Morgan fingerprint density at radius 2 is 2.05 bits per heavy atom. The van der Waals surface area contributed by atoms with Crippen molar-refractivity contribution in [3.8, 4) is 0 Å². The van der Waals surface area contributed by atoms with Crippen LogP contribution >= 0.6 is 0 Å². The molecule has 0 bridgehead atoms.